The van der Waals surface area contributed by atoms with E-state index in [1.807, 2.05) is 29.3 Å². The third-order valence-electron chi connectivity index (χ3n) is 5.73. The van der Waals surface area contributed by atoms with Crippen molar-refractivity contribution in [3.63, 3.8) is 0 Å². The van der Waals surface area contributed by atoms with Crippen LogP contribution in [0.5, 0.6) is 0 Å². The Morgan fingerprint density at radius 1 is 1.28 bits per heavy atom. The minimum Gasteiger partial charge on any atom is -0.384 e. The number of anilines is 1. The number of amides is 1. The average molecular weight is 427 g/mol. The number of rotatable bonds is 2. The molecule has 3 aromatic rings. The molecule has 1 amide bonds. The number of thiophene rings is 1. The van der Waals surface area contributed by atoms with Crippen LogP contribution < -0.4 is 5.73 Å². The number of hydrogen-bond donors (Lipinski definition) is 1. The molecule has 6 nitrogen and oxygen atoms in total. The summed E-state index contributed by atoms with van der Waals surface area (Å²) in [6.45, 7) is 4.00. The highest BCUT2D eigenvalue weighted by Crippen LogP contribution is 2.46. The number of piperidine rings is 1. The number of nitrogen functional groups attached to an aromatic ring is 1. The SMILES string of the molecule is Cc1nc(C(=O)N2CCC3(CC2)OCCc2sc(-c4cccc(N)n4)cc23)cs1. The quantitative estimate of drug-likeness (QED) is 0.673. The van der Waals surface area contributed by atoms with Gasteiger partial charge in [-0.15, -0.1) is 22.7 Å². The number of carbonyl (C=O) groups is 1. The number of thiazole rings is 1. The predicted molar refractivity (Wildman–Crippen MR) is 115 cm³/mol. The van der Waals surface area contributed by atoms with E-state index in [9.17, 15) is 4.79 Å². The number of nitrogens with zero attached hydrogens (tertiary/aromatic N) is 3. The van der Waals surface area contributed by atoms with Crippen molar-refractivity contribution in [1.29, 1.82) is 0 Å². The van der Waals surface area contributed by atoms with Gasteiger partial charge in [0.1, 0.15) is 11.5 Å². The van der Waals surface area contributed by atoms with E-state index in [1.165, 1.54) is 21.8 Å². The van der Waals surface area contributed by atoms with Crippen LogP contribution in [0, 0.1) is 6.92 Å². The van der Waals surface area contributed by atoms with Crippen LogP contribution in [0.2, 0.25) is 0 Å². The van der Waals surface area contributed by atoms with Crippen LogP contribution in [0.4, 0.5) is 5.82 Å². The monoisotopic (exact) mass is 426 g/mol. The number of hydrogen-bond acceptors (Lipinski definition) is 7. The molecular formula is C21H22N4O2S2. The molecule has 5 rings (SSSR count). The topological polar surface area (TPSA) is 81.3 Å². The highest BCUT2D eigenvalue weighted by molar-refractivity contribution is 7.15. The van der Waals surface area contributed by atoms with E-state index >= 15 is 0 Å². The molecule has 2 N–H and O–H groups in total. The van der Waals surface area contributed by atoms with Gasteiger partial charge in [-0.2, -0.15) is 0 Å². The molecule has 1 spiro atoms. The summed E-state index contributed by atoms with van der Waals surface area (Å²) >= 11 is 3.30. The smallest absolute Gasteiger partial charge is 0.273 e. The Bertz CT molecular complexity index is 1070. The summed E-state index contributed by atoms with van der Waals surface area (Å²) in [6.07, 6.45) is 2.52. The van der Waals surface area contributed by atoms with E-state index < -0.39 is 0 Å². The molecule has 0 aliphatic carbocycles. The maximum Gasteiger partial charge on any atom is 0.273 e. The van der Waals surface area contributed by atoms with Crippen molar-refractivity contribution in [2.45, 2.75) is 31.8 Å². The summed E-state index contributed by atoms with van der Waals surface area (Å²) in [7, 11) is 0. The van der Waals surface area contributed by atoms with Crippen LogP contribution in [0.3, 0.4) is 0 Å². The minimum atomic E-state index is -0.308. The Morgan fingerprint density at radius 3 is 2.83 bits per heavy atom. The van der Waals surface area contributed by atoms with Gasteiger partial charge in [0, 0.05) is 29.8 Å². The van der Waals surface area contributed by atoms with Crippen LogP contribution in [0.25, 0.3) is 10.6 Å². The first kappa shape index (κ1) is 18.7. The highest BCUT2D eigenvalue weighted by Gasteiger charge is 2.43. The summed E-state index contributed by atoms with van der Waals surface area (Å²) in [5.74, 6) is 0.555. The molecular weight excluding hydrogens is 404 g/mol. The van der Waals surface area contributed by atoms with Crippen LogP contribution in [0.15, 0.2) is 29.6 Å². The summed E-state index contributed by atoms with van der Waals surface area (Å²) < 4.78 is 6.35. The Labute approximate surface area is 177 Å². The van der Waals surface area contributed by atoms with Gasteiger partial charge >= 0.3 is 0 Å². The largest absolute Gasteiger partial charge is 0.384 e. The predicted octanol–water partition coefficient (Wildman–Crippen LogP) is 3.86. The Morgan fingerprint density at radius 2 is 2.10 bits per heavy atom. The maximum absolute atomic E-state index is 12.8. The van der Waals surface area contributed by atoms with Gasteiger partial charge in [-0.25, -0.2) is 9.97 Å². The first-order valence-electron chi connectivity index (χ1n) is 9.75. The van der Waals surface area contributed by atoms with E-state index in [4.69, 9.17) is 10.5 Å². The van der Waals surface area contributed by atoms with E-state index in [0.717, 1.165) is 41.4 Å². The second-order valence-corrected chi connectivity index (χ2v) is 9.73. The van der Waals surface area contributed by atoms with Crippen molar-refractivity contribution in [3.05, 3.63) is 50.8 Å². The fourth-order valence-electron chi connectivity index (χ4n) is 4.24. The minimum absolute atomic E-state index is 0.0233. The van der Waals surface area contributed by atoms with Gasteiger partial charge in [0.05, 0.1) is 27.8 Å². The molecule has 2 aliphatic rings. The van der Waals surface area contributed by atoms with Crippen LogP contribution >= 0.6 is 22.7 Å². The van der Waals surface area contributed by atoms with Crippen molar-refractivity contribution in [3.8, 4) is 10.6 Å². The lowest BCUT2D eigenvalue weighted by Gasteiger charge is -2.43. The molecule has 1 saturated heterocycles. The lowest BCUT2D eigenvalue weighted by atomic mass is 9.82. The molecule has 1 fully saturated rings. The number of fused-ring (bicyclic) bond motifs is 2. The van der Waals surface area contributed by atoms with Gasteiger partial charge in [0.15, 0.2) is 0 Å². The zero-order valence-corrected chi connectivity index (χ0v) is 17.8. The summed E-state index contributed by atoms with van der Waals surface area (Å²) in [5.41, 5.74) is 8.30. The van der Waals surface area contributed by atoms with Crippen molar-refractivity contribution >= 4 is 34.4 Å². The zero-order chi connectivity index (χ0) is 20.0. The molecule has 0 bridgehead atoms. The third-order valence-corrected chi connectivity index (χ3v) is 7.72. The fourth-order valence-corrected chi connectivity index (χ4v) is 6.03. The highest BCUT2D eigenvalue weighted by atomic mass is 32.1. The Kier molecular flexibility index (Phi) is 4.64. The van der Waals surface area contributed by atoms with E-state index in [1.54, 1.807) is 17.4 Å². The Hall–Kier alpha value is -2.29. The molecule has 8 heteroatoms. The van der Waals surface area contributed by atoms with Crippen LogP contribution in [-0.2, 0) is 16.8 Å². The molecule has 5 heterocycles. The lowest BCUT2D eigenvalue weighted by Crippen LogP contribution is -2.48. The summed E-state index contributed by atoms with van der Waals surface area (Å²) in [6, 6.07) is 7.96. The molecule has 29 heavy (non-hydrogen) atoms. The Balaban J connectivity index is 1.39. The lowest BCUT2D eigenvalue weighted by molar-refractivity contribution is -0.0926. The first-order chi connectivity index (χ1) is 14.0. The molecule has 0 saturated carbocycles. The average Bonchev–Trinajstić information content (AvgIpc) is 3.36. The maximum atomic E-state index is 12.8. The zero-order valence-electron chi connectivity index (χ0n) is 16.2. The molecule has 0 unspecified atom stereocenters. The number of nitrogens with two attached hydrogens (primary N) is 1. The number of likely N-dealkylation sites (tertiary alicyclic amines) is 1. The molecule has 0 atom stereocenters. The first-order valence-corrected chi connectivity index (χ1v) is 11.5. The van der Waals surface area contributed by atoms with Gasteiger partial charge in [0.2, 0.25) is 0 Å². The summed E-state index contributed by atoms with van der Waals surface area (Å²) in [4.78, 5) is 26.0. The van der Waals surface area contributed by atoms with Gasteiger partial charge in [-0.3, -0.25) is 4.79 Å². The number of pyridine rings is 1. The number of aryl methyl sites for hydroxylation is 1. The fraction of sp³-hybridized carbons (Fsp3) is 0.381. The van der Waals surface area contributed by atoms with Gasteiger partial charge in [-0.05, 0) is 43.5 Å². The van der Waals surface area contributed by atoms with Gasteiger partial charge < -0.3 is 15.4 Å². The standard InChI is InChI=1S/C21H22N4O2S2/c1-13-23-16(12-28-13)20(26)25-8-6-21(7-9-25)14-11-18(29-17(14)5-10-27-21)15-3-2-4-19(22)24-15/h2-4,11-12H,5-10H2,1H3,(H2,22,24). The summed E-state index contributed by atoms with van der Waals surface area (Å²) in [5, 5.41) is 2.77. The number of aromatic nitrogens is 2. The van der Waals surface area contributed by atoms with Gasteiger partial charge in [-0.1, -0.05) is 6.07 Å². The van der Waals surface area contributed by atoms with Crippen molar-refractivity contribution in [2.75, 3.05) is 25.4 Å². The number of carbonyl (C=O) groups excluding carboxylic acids is 1. The van der Waals surface area contributed by atoms with Crippen molar-refractivity contribution in [1.82, 2.24) is 14.9 Å². The van der Waals surface area contributed by atoms with Crippen molar-refractivity contribution in [2.24, 2.45) is 0 Å². The molecule has 150 valence electrons. The normalized spacial score (nSPS) is 18.0. The van der Waals surface area contributed by atoms with Crippen LogP contribution in [-0.4, -0.2) is 40.5 Å². The molecule has 0 aromatic carbocycles. The van der Waals surface area contributed by atoms with Crippen LogP contribution in [0.1, 0.15) is 38.8 Å². The molecule has 3 aromatic heterocycles. The number of ether oxygens (including phenoxy) is 1. The molecule has 0 radical (unpaired) electrons. The third kappa shape index (κ3) is 3.35. The van der Waals surface area contributed by atoms with Gasteiger partial charge in [0.25, 0.3) is 5.91 Å². The second kappa shape index (κ2) is 7.19. The van der Waals surface area contributed by atoms with Crippen molar-refractivity contribution < 1.29 is 9.53 Å². The van der Waals surface area contributed by atoms with E-state index in [0.29, 0.717) is 24.6 Å². The van der Waals surface area contributed by atoms with E-state index in [-0.39, 0.29) is 11.5 Å². The second-order valence-electron chi connectivity index (χ2n) is 7.53. The van der Waals surface area contributed by atoms with E-state index in [2.05, 4.69) is 16.0 Å². The molecule has 2 aliphatic heterocycles.